The van der Waals surface area contributed by atoms with Crippen LogP contribution in [0.2, 0.25) is 5.02 Å². The van der Waals surface area contributed by atoms with Crippen molar-refractivity contribution in [2.75, 3.05) is 37.8 Å². The number of aromatic nitrogens is 1. The van der Waals surface area contributed by atoms with Crippen LogP contribution < -0.4 is 15.4 Å². The molecule has 1 aliphatic rings. The van der Waals surface area contributed by atoms with Crippen LogP contribution >= 0.6 is 11.6 Å². The third kappa shape index (κ3) is 5.73. The Morgan fingerprint density at radius 2 is 1.87 bits per heavy atom. The number of halogens is 2. The van der Waals surface area contributed by atoms with E-state index in [1.807, 2.05) is 0 Å². The summed E-state index contributed by atoms with van der Waals surface area (Å²) in [5.41, 5.74) is 1.02. The summed E-state index contributed by atoms with van der Waals surface area (Å²) in [5, 5.41) is 5.38. The van der Waals surface area contributed by atoms with Crippen LogP contribution in [0.15, 0.2) is 36.5 Å². The molecule has 1 fully saturated rings. The lowest BCUT2D eigenvalue weighted by molar-refractivity contribution is 0.111. The molecule has 0 radical (unpaired) electrons. The molecule has 2 heterocycles. The van der Waals surface area contributed by atoms with Crippen LogP contribution in [-0.4, -0.2) is 60.1 Å². The minimum atomic E-state index is -0.533. The molecular weight excluding hydrogens is 413 g/mol. The van der Waals surface area contributed by atoms with Gasteiger partial charge in [0, 0.05) is 51.8 Å². The normalized spacial score (nSPS) is 14.2. The number of benzene rings is 1. The molecule has 2 aromatic rings. The van der Waals surface area contributed by atoms with Gasteiger partial charge in [-0.1, -0.05) is 11.6 Å². The van der Waals surface area contributed by atoms with Crippen molar-refractivity contribution in [3.05, 3.63) is 47.4 Å². The summed E-state index contributed by atoms with van der Waals surface area (Å²) in [6.07, 6.45) is 2.77. The molecule has 3 rings (SSSR count). The van der Waals surface area contributed by atoms with Crippen LogP contribution in [0.4, 0.5) is 25.4 Å². The van der Waals surface area contributed by atoms with E-state index in [-0.39, 0.29) is 23.2 Å². The van der Waals surface area contributed by atoms with E-state index in [4.69, 9.17) is 16.3 Å². The van der Waals surface area contributed by atoms with E-state index in [9.17, 15) is 14.0 Å². The van der Waals surface area contributed by atoms with Gasteiger partial charge in [0.15, 0.2) is 0 Å². The number of amides is 4. The van der Waals surface area contributed by atoms with E-state index in [0.717, 1.165) is 0 Å². The fourth-order valence-corrected chi connectivity index (χ4v) is 3.06. The summed E-state index contributed by atoms with van der Waals surface area (Å²) in [4.78, 5) is 31.4. The zero-order valence-electron chi connectivity index (χ0n) is 16.7. The minimum Gasteiger partial charge on any atom is -0.474 e. The average Bonchev–Trinajstić information content (AvgIpc) is 2.72. The van der Waals surface area contributed by atoms with Gasteiger partial charge in [0.05, 0.1) is 16.9 Å². The molecule has 0 spiro atoms. The monoisotopic (exact) mass is 435 g/mol. The highest BCUT2D eigenvalue weighted by Crippen LogP contribution is 2.22. The third-order valence-electron chi connectivity index (χ3n) is 4.58. The maximum Gasteiger partial charge on any atom is 0.321 e. The maximum atomic E-state index is 13.2. The van der Waals surface area contributed by atoms with Crippen LogP contribution in [-0.2, 0) is 0 Å². The number of hydrogen-bond donors (Lipinski definition) is 2. The molecule has 10 heteroatoms. The van der Waals surface area contributed by atoms with E-state index in [1.165, 1.54) is 29.3 Å². The lowest BCUT2D eigenvalue weighted by atomic mass is 10.1. The number of rotatable bonds is 4. The van der Waals surface area contributed by atoms with Crippen LogP contribution in [0, 0.1) is 5.82 Å². The van der Waals surface area contributed by atoms with Gasteiger partial charge in [-0.05, 0) is 24.3 Å². The van der Waals surface area contributed by atoms with E-state index < -0.39 is 5.82 Å². The van der Waals surface area contributed by atoms with Gasteiger partial charge in [0.25, 0.3) is 0 Å². The molecule has 0 unspecified atom stereocenters. The zero-order valence-corrected chi connectivity index (χ0v) is 17.4. The molecule has 0 bridgehead atoms. The summed E-state index contributed by atoms with van der Waals surface area (Å²) in [6.45, 7) is 1.03. The topological polar surface area (TPSA) is 86.8 Å². The van der Waals surface area contributed by atoms with Gasteiger partial charge in [-0.2, -0.15) is 0 Å². The second kappa shape index (κ2) is 9.62. The number of carbonyl (C=O) groups excluding carboxylic acids is 2. The Labute approximate surface area is 179 Å². The Bertz CT molecular complexity index is 902. The second-order valence-corrected chi connectivity index (χ2v) is 7.48. The Morgan fingerprint density at radius 1 is 1.17 bits per heavy atom. The molecule has 1 aromatic heterocycles. The quantitative estimate of drug-likeness (QED) is 0.758. The van der Waals surface area contributed by atoms with E-state index in [1.54, 1.807) is 31.1 Å². The molecule has 160 valence electrons. The number of anilines is 2. The van der Waals surface area contributed by atoms with Gasteiger partial charge in [-0.15, -0.1) is 0 Å². The van der Waals surface area contributed by atoms with Gasteiger partial charge in [-0.3, -0.25) is 0 Å². The van der Waals surface area contributed by atoms with Crippen molar-refractivity contribution in [2.24, 2.45) is 0 Å². The van der Waals surface area contributed by atoms with Crippen LogP contribution in [0.3, 0.4) is 0 Å². The largest absolute Gasteiger partial charge is 0.474 e. The highest BCUT2D eigenvalue weighted by molar-refractivity contribution is 6.31. The van der Waals surface area contributed by atoms with Gasteiger partial charge < -0.3 is 25.2 Å². The van der Waals surface area contributed by atoms with E-state index >= 15 is 0 Å². The van der Waals surface area contributed by atoms with Gasteiger partial charge in [0.2, 0.25) is 5.88 Å². The molecule has 8 nitrogen and oxygen atoms in total. The Kier molecular flexibility index (Phi) is 6.94. The predicted molar refractivity (Wildman–Crippen MR) is 113 cm³/mol. The standard InChI is InChI=1S/C20H23ClFN5O3/c1-26(2)19(28)25-14-4-6-18(23-12-14)30-15-7-9-27(10-8-15)20(29)24-13-3-5-17(22)16(21)11-13/h3-6,11-12,15H,7-10H2,1-2H3,(H,24,29)(H,25,28). The highest BCUT2D eigenvalue weighted by atomic mass is 35.5. The van der Waals surface area contributed by atoms with E-state index in [0.29, 0.717) is 43.2 Å². The number of urea groups is 2. The number of pyridine rings is 1. The van der Waals surface area contributed by atoms with Crippen molar-refractivity contribution in [3.63, 3.8) is 0 Å². The number of ether oxygens (including phenoxy) is 1. The van der Waals surface area contributed by atoms with Crippen molar-refractivity contribution < 1.29 is 18.7 Å². The summed E-state index contributed by atoms with van der Waals surface area (Å²) in [5.74, 6) is -0.0731. The molecule has 1 aromatic carbocycles. The van der Waals surface area contributed by atoms with Crippen LogP contribution in [0.25, 0.3) is 0 Å². The van der Waals surface area contributed by atoms with Crippen molar-refractivity contribution in [3.8, 4) is 5.88 Å². The summed E-state index contributed by atoms with van der Waals surface area (Å²) in [6, 6.07) is 6.96. The first-order chi connectivity index (χ1) is 14.3. The molecule has 30 heavy (non-hydrogen) atoms. The smallest absolute Gasteiger partial charge is 0.321 e. The number of piperidine rings is 1. The second-order valence-electron chi connectivity index (χ2n) is 7.07. The Hall–Kier alpha value is -3.07. The molecule has 4 amide bonds. The lowest BCUT2D eigenvalue weighted by Crippen LogP contribution is -2.43. The summed E-state index contributed by atoms with van der Waals surface area (Å²) < 4.78 is 19.1. The molecule has 0 atom stereocenters. The number of hydrogen-bond acceptors (Lipinski definition) is 4. The molecule has 1 aliphatic heterocycles. The number of carbonyl (C=O) groups is 2. The number of likely N-dealkylation sites (tertiary alicyclic amines) is 1. The summed E-state index contributed by atoms with van der Waals surface area (Å²) in [7, 11) is 3.31. The van der Waals surface area contributed by atoms with Gasteiger partial charge in [0.1, 0.15) is 11.9 Å². The maximum absolute atomic E-state index is 13.2. The van der Waals surface area contributed by atoms with Gasteiger partial charge >= 0.3 is 12.1 Å². The molecular formula is C20H23ClFN5O3. The number of nitrogens with one attached hydrogen (secondary N) is 2. The summed E-state index contributed by atoms with van der Waals surface area (Å²) >= 11 is 5.74. The fourth-order valence-electron chi connectivity index (χ4n) is 2.88. The lowest BCUT2D eigenvalue weighted by Gasteiger charge is -2.32. The molecule has 0 saturated carbocycles. The van der Waals surface area contributed by atoms with Gasteiger partial charge in [-0.25, -0.2) is 19.0 Å². The van der Waals surface area contributed by atoms with Crippen LogP contribution in [0.5, 0.6) is 5.88 Å². The van der Waals surface area contributed by atoms with Crippen molar-refractivity contribution >= 4 is 35.0 Å². The first kappa shape index (κ1) is 21.6. The van der Waals surface area contributed by atoms with Crippen molar-refractivity contribution in [2.45, 2.75) is 18.9 Å². The van der Waals surface area contributed by atoms with E-state index in [2.05, 4.69) is 15.6 Å². The molecule has 1 saturated heterocycles. The predicted octanol–water partition coefficient (Wildman–Crippen LogP) is 4.04. The molecule has 2 N–H and O–H groups in total. The van der Waals surface area contributed by atoms with Crippen LogP contribution in [0.1, 0.15) is 12.8 Å². The Balaban J connectivity index is 1.46. The number of nitrogens with zero attached hydrogens (tertiary/aromatic N) is 3. The molecule has 0 aliphatic carbocycles. The SMILES string of the molecule is CN(C)C(=O)Nc1ccc(OC2CCN(C(=O)Nc3ccc(F)c(Cl)c3)CC2)nc1. The minimum absolute atomic E-state index is 0.0419. The zero-order chi connectivity index (χ0) is 21.7. The fraction of sp³-hybridized carbons (Fsp3) is 0.350. The first-order valence-electron chi connectivity index (χ1n) is 9.44. The third-order valence-corrected chi connectivity index (χ3v) is 4.87. The van der Waals surface area contributed by atoms with Crippen molar-refractivity contribution in [1.82, 2.24) is 14.8 Å². The Morgan fingerprint density at radius 3 is 2.47 bits per heavy atom. The average molecular weight is 436 g/mol. The first-order valence-corrected chi connectivity index (χ1v) is 9.81. The highest BCUT2D eigenvalue weighted by Gasteiger charge is 2.24. The van der Waals surface area contributed by atoms with Crippen molar-refractivity contribution in [1.29, 1.82) is 0 Å².